The van der Waals surface area contributed by atoms with Crippen LogP contribution in [-0.4, -0.2) is 55.0 Å². The fourth-order valence-corrected chi connectivity index (χ4v) is 3.34. The first kappa shape index (κ1) is 22.0. The van der Waals surface area contributed by atoms with Gasteiger partial charge in [0, 0.05) is 32.7 Å². The lowest BCUT2D eigenvalue weighted by atomic mass is 9.92. The van der Waals surface area contributed by atoms with Gasteiger partial charge in [0.1, 0.15) is 0 Å². The van der Waals surface area contributed by atoms with Crippen molar-refractivity contribution in [3.05, 3.63) is 41.2 Å². The molecular weight excluding hydrogens is 356 g/mol. The number of amides is 1. The van der Waals surface area contributed by atoms with Crippen LogP contribution in [0.25, 0.3) is 0 Å². The lowest BCUT2D eigenvalue weighted by Crippen LogP contribution is -2.34. The molecule has 0 aliphatic carbocycles. The van der Waals surface area contributed by atoms with E-state index >= 15 is 0 Å². The average Bonchev–Trinajstić information content (AvgIpc) is 2.86. The number of carbonyl (C=O) groups is 2. The zero-order valence-corrected chi connectivity index (χ0v) is 17.7. The zero-order valence-electron chi connectivity index (χ0n) is 17.7. The Hall–Kier alpha value is -2.34. The van der Waals surface area contributed by atoms with Crippen molar-refractivity contribution in [3.8, 4) is 0 Å². The van der Waals surface area contributed by atoms with Crippen molar-refractivity contribution in [1.82, 2.24) is 4.90 Å². The number of benzene rings is 1. The summed E-state index contributed by atoms with van der Waals surface area (Å²) < 4.78 is 5.60. The van der Waals surface area contributed by atoms with Gasteiger partial charge in [-0.05, 0) is 37.5 Å². The molecule has 0 fully saturated rings. The van der Waals surface area contributed by atoms with Crippen LogP contribution in [0.5, 0.6) is 0 Å². The molecule has 1 aliphatic rings. The molecule has 0 aromatic heterocycles. The summed E-state index contributed by atoms with van der Waals surface area (Å²) in [6.45, 7) is 8.39. The standard InChI is InChI=1S/C22H32N2O4/c1-14(2)13-18(25)19-20(16-7-9-17(10-8-16)23(5)6)24(22(27)21(19)26)11-12-28-15(3)4/h7-10,14-15,20,26H,11-13H2,1-6H3. The number of aliphatic hydroxyl groups is 1. The van der Waals surface area contributed by atoms with Gasteiger partial charge in [0.25, 0.3) is 5.91 Å². The van der Waals surface area contributed by atoms with Gasteiger partial charge < -0.3 is 19.6 Å². The van der Waals surface area contributed by atoms with Crippen LogP contribution < -0.4 is 4.90 Å². The minimum absolute atomic E-state index is 0.0409. The summed E-state index contributed by atoms with van der Waals surface area (Å²) in [7, 11) is 3.90. The number of anilines is 1. The number of ether oxygens (including phenoxy) is 1. The number of hydrogen-bond donors (Lipinski definition) is 1. The third kappa shape index (κ3) is 4.93. The molecule has 0 saturated carbocycles. The Bertz CT molecular complexity index is 735. The third-order valence-electron chi connectivity index (χ3n) is 4.71. The SMILES string of the molecule is CC(C)CC(=O)C1=C(O)C(=O)N(CCOC(C)C)C1c1ccc(N(C)C)cc1. The predicted molar refractivity (Wildman–Crippen MR) is 110 cm³/mol. The second-order valence-corrected chi connectivity index (χ2v) is 8.09. The molecule has 154 valence electrons. The largest absolute Gasteiger partial charge is 0.503 e. The van der Waals surface area contributed by atoms with Gasteiger partial charge in [0.05, 0.1) is 24.3 Å². The number of carbonyl (C=O) groups excluding carboxylic acids is 2. The second kappa shape index (κ2) is 9.24. The van der Waals surface area contributed by atoms with Crippen molar-refractivity contribution in [1.29, 1.82) is 0 Å². The molecule has 1 amide bonds. The van der Waals surface area contributed by atoms with E-state index in [1.165, 1.54) is 4.90 Å². The van der Waals surface area contributed by atoms with E-state index in [-0.39, 0.29) is 29.8 Å². The van der Waals surface area contributed by atoms with Crippen LogP contribution in [0.15, 0.2) is 35.6 Å². The highest BCUT2D eigenvalue weighted by Crippen LogP contribution is 2.38. The summed E-state index contributed by atoms with van der Waals surface area (Å²) in [6.07, 6.45) is 0.328. The Morgan fingerprint density at radius 3 is 2.29 bits per heavy atom. The van der Waals surface area contributed by atoms with Crippen molar-refractivity contribution in [3.63, 3.8) is 0 Å². The van der Waals surface area contributed by atoms with Crippen LogP contribution in [0.1, 0.15) is 45.7 Å². The summed E-state index contributed by atoms with van der Waals surface area (Å²) in [4.78, 5) is 29.1. The lowest BCUT2D eigenvalue weighted by molar-refractivity contribution is -0.130. The van der Waals surface area contributed by atoms with E-state index in [9.17, 15) is 14.7 Å². The maximum Gasteiger partial charge on any atom is 0.290 e. The van der Waals surface area contributed by atoms with Crippen LogP contribution in [0, 0.1) is 5.92 Å². The quantitative estimate of drug-likeness (QED) is 0.701. The molecule has 28 heavy (non-hydrogen) atoms. The van der Waals surface area contributed by atoms with Gasteiger partial charge in [-0.2, -0.15) is 0 Å². The van der Waals surface area contributed by atoms with Gasteiger partial charge in [-0.25, -0.2) is 0 Å². The highest BCUT2D eigenvalue weighted by Gasteiger charge is 2.43. The third-order valence-corrected chi connectivity index (χ3v) is 4.71. The molecule has 1 unspecified atom stereocenters. The van der Waals surface area contributed by atoms with Gasteiger partial charge in [-0.3, -0.25) is 9.59 Å². The van der Waals surface area contributed by atoms with Crippen molar-refractivity contribution in [2.24, 2.45) is 5.92 Å². The Labute approximate surface area is 167 Å². The van der Waals surface area contributed by atoms with E-state index in [0.29, 0.717) is 13.2 Å². The molecule has 1 aromatic rings. The minimum atomic E-state index is -0.592. The fraction of sp³-hybridized carbons (Fsp3) is 0.545. The molecule has 6 heteroatoms. The molecule has 1 heterocycles. The van der Waals surface area contributed by atoms with Crippen molar-refractivity contribution >= 4 is 17.4 Å². The van der Waals surface area contributed by atoms with E-state index in [1.807, 2.05) is 71.0 Å². The molecule has 0 bridgehead atoms. The number of ketones is 1. The number of nitrogens with zero attached hydrogens (tertiary/aromatic N) is 2. The molecule has 0 radical (unpaired) electrons. The Morgan fingerprint density at radius 2 is 1.79 bits per heavy atom. The normalized spacial score (nSPS) is 17.2. The molecule has 6 nitrogen and oxygen atoms in total. The van der Waals surface area contributed by atoms with Crippen molar-refractivity contribution in [2.75, 3.05) is 32.1 Å². The van der Waals surface area contributed by atoms with Crippen LogP contribution in [-0.2, 0) is 14.3 Å². The first-order chi connectivity index (χ1) is 13.1. The number of aliphatic hydroxyl groups excluding tert-OH is 1. The fourth-order valence-electron chi connectivity index (χ4n) is 3.34. The van der Waals surface area contributed by atoms with Crippen LogP contribution >= 0.6 is 0 Å². The summed E-state index contributed by atoms with van der Waals surface area (Å²) in [5.74, 6) is -0.995. The van der Waals surface area contributed by atoms with E-state index in [2.05, 4.69) is 0 Å². The van der Waals surface area contributed by atoms with Crippen LogP contribution in [0.4, 0.5) is 5.69 Å². The van der Waals surface area contributed by atoms with Gasteiger partial charge in [-0.1, -0.05) is 26.0 Å². The molecule has 1 aromatic carbocycles. The van der Waals surface area contributed by atoms with Crippen LogP contribution in [0.2, 0.25) is 0 Å². The van der Waals surface area contributed by atoms with E-state index < -0.39 is 17.7 Å². The molecular formula is C22H32N2O4. The topological polar surface area (TPSA) is 70.1 Å². The first-order valence-electron chi connectivity index (χ1n) is 9.79. The molecule has 0 spiro atoms. The highest BCUT2D eigenvalue weighted by molar-refractivity contribution is 6.09. The number of Topliss-reactive ketones (excluding diaryl/α,β-unsaturated/α-hetero) is 1. The molecule has 0 saturated heterocycles. The van der Waals surface area contributed by atoms with Crippen LogP contribution in [0.3, 0.4) is 0 Å². The van der Waals surface area contributed by atoms with Gasteiger partial charge in [0.2, 0.25) is 0 Å². The first-order valence-corrected chi connectivity index (χ1v) is 9.79. The summed E-state index contributed by atoms with van der Waals surface area (Å²) >= 11 is 0. The van der Waals surface area contributed by atoms with Gasteiger partial charge in [-0.15, -0.1) is 0 Å². The van der Waals surface area contributed by atoms with Crippen molar-refractivity contribution in [2.45, 2.75) is 46.3 Å². The second-order valence-electron chi connectivity index (χ2n) is 8.09. The monoisotopic (exact) mass is 388 g/mol. The Morgan fingerprint density at radius 1 is 1.18 bits per heavy atom. The Kier molecular flexibility index (Phi) is 7.24. The molecule has 1 aliphatic heterocycles. The number of hydrogen-bond acceptors (Lipinski definition) is 5. The maximum absolute atomic E-state index is 12.9. The molecule has 1 atom stereocenters. The zero-order chi connectivity index (χ0) is 21.0. The van der Waals surface area contributed by atoms with E-state index in [0.717, 1.165) is 11.3 Å². The van der Waals surface area contributed by atoms with E-state index in [4.69, 9.17) is 4.74 Å². The summed E-state index contributed by atoms with van der Waals surface area (Å²) in [5.41, 5.74) is 2.02. The van der Waals surface area contributed by atoms with Crippen molar-refractivity contribution < 1.29 is 19.4 Å². The highest BCUT2D eigenvalue weighted by atomic mass is 16.5. The number of rotatable bonds is 9. The Balaban J connectivity index is 2.40. The maximum atomic E-state index is 12.9. The smallest absolute Gasteiger partial charge is 0.290 e. The van der Waals surface area contributed by atoms with Gasteiger partial charge >= 0.3 is 0 Å². The predicted octanol–water partition coefficient (Wildman–Crippen LogP) is 3.49. The average molecular weight is 389 g/mol. The molecule has 2 rings (SSSR count). The van der Waals surface area contributed by atoms with E-state index in [1.54, 1.807) is 0 Å². The van der Waals surface area contributed by atoms with Gasteiger partial charge in [0.15, 0.2) is 11.5 Å². The lowest BCUT2D eigenvalue weighted by Gasteiger charge is -2.27. The summed E-state index contributed by atoms with van der Waals surface area (Å²) in [6, 6.07) is 7.12. The molecule has 1 N–H and O–H groups in total. The minimum Gasteiger partial charge on any atom is -0.503 e. The summed E-state index contributed by atoms with van der Waals surface area (Å²) in [5, 5.41) is 10.5.